The molecule has 4 aromatic rings. The van der Waals surface area contributed by atoms with Crippen molar-refractivity contribution in [3.63, 3.8) is 0 Å². The molecule has 0 bridgehead atoms. The van der Waals surface area contributed by atoms with Crippen molar-refractivity contribution in [2.24, 2.45) is 7.05 Å². The molecule has 0 aliphatic carbocycles. The lowest BCUT2D eigenvalue weighted by Gasteiger charge is -2.44. The second-order valence-corrected chi connectivity index (χ2v) is 10.2. The number of aromatic nitrogens is 4. The van der Waals surface area contributed by atoms with Gasteiger partial charge in [0.1, 0.15) is 23.6 Å². The second kappa shape index (κ2) is 9.58. The van der Waals surface area contributed by atoms with E-state index in [1.165, 1.54) is 11.0 Å². The van der Waals surface area contributed by atoms with Crippen molar-refractivity contribution in [1.82, 2.24) is 29.5 Å². The number of anilines is 1. The lowest BCUT2D eigenvalue weighted by Crippen LogP contribution is -2.62. The zero-order valence-electron chi connectivity index (χ0n) is 20.8. The summed E-state index contributed by atoms with van der Waals surface area (Å²) in [5.74, 6) is -0.826. The van der Waals surface area contributed by atoms with E-state index in [0.29, 0.717) is 21.5 Å². The summed E-state index contributed by atoms with van der Waals surface area (Å²) >= 11 is 5.93. The molecule has 0 atom stereocenters. The molecule has 4 heterocycles. The molecule has 5 rings (SSSR count). The van der Waals surface area contributed by atoms with Gasteiger partial charge in [0.2, 0.25) is 5.91 Å². The average Bonchev–Trinajstić information content (AvgIpc) is 3.29. The number of aryl methyl sites for hydroxylation is 1. The Balaban J connectivity index is 1.55. The van der Waals surface area contributed by atoms with E-state index in [1.54, 1.807) is 61.4 Å². The monoisotopic (exact) mass is 535 g/mol. The van der Waals surface area contributed by atoms with Crippen LogP contribution >= 0.6 is 11.6 Å². The van der Waals surface area contributed by atoms with Crippen molar-refractivity contribution in [3.8, 4) is 11.1 Å². The summed E-state index contributed by atoms with van der Waals surface area (Å²) in [6.07, 6.45) is 3.41. The maximum atomic E-state index is 13.5. The maximum Gasteiger partial charge on any atom is 0.265 e. The Bertz CT molecular complexity index is 1620. The van der Waals surface area contributed by atoms with Crippen LogP contribution in [0.25, 0.3) is 22.2 Å². The molecule has 1 aliphatic heterocycles. The van der Waals surface area contributed by atoms with Gasteiger partial charge in [-0.05, 0) is 36.8 Å². The largest absolute Gasteiger partial charge is 0.386 e. The number of pyridine rings is 2. The van der Waals surface area contributed by atoms with Crippen LogP contribution in [-0.4, -0.2) is 59.8 Å². The third-order valence-corrected chi connectivity index (χ3v) is 6.68. The van der Waals surface area contributed by atoms with E-state index in [2.05, 4.69) is 15.4 Å². The molecule has 11 nitrogen and oxygen atoms in total. The van der Waals surface area contributed by atoms with Crippen LogP contribution in [0.15, 0.2) is 53.6 Å². The number of carbonyl (C=O) groups excluding carboxylic acids is 2. The standard InChI is InChI=1S/C26H26ClN7O4/c1-26(38)13-33(14-26)21(35)12-34-23-16(7-19(22(28)31-23)17-10-30-32(2)11-17)8-20(25(34)37)24(36)29-9-15-3-5-18(27)6-4-15/h3-8,10-11,38H,9,12-14H2,1-2H3,(H2,28,31)(H,29,36). The Morgan fingerprint density at radius 2 is 1.92 bits per heavy atom. The summed E-state index contributed by atoms with van der Waals surface area (Å²) in [5.41, 5.74) is 6.74. The van der Waals surface area contributed by atoms with Gasteiger partial charge in [-0.15, -0.1) is 0 Å². The van der Waals surface area contributed by atoms with E-state index < -0.39 is 17.1 Å². The lowest BCUT2D eigenvalue weighted by molar-refractivity contribution is -0.152. The topological polar surface area (TPSA) is 148 Å². The van der Waals surface area contributed by atoms with Crippen LogP contribution in [0, 0.1) is 0 Å². The molecule has 0 spiro atoms. The van der Waals surface area contributed by atoms with Crippen LogP contribution in [0.2, 0.25) is 5.02 Å². The number of hydrogen-bond donors (Lipinski definition) is 3. The van der Waals surface area contributed by atoms with E-state index in [9.17, 15) is 19.5 Å². The number of hydrogen-bond acceptors (Lipinski definition) is 7. The minimum atomic E-state index is -0.965. The molecule has 1 aliphatic rings. The first-order valence-electron chi connectivity index (χ1n) is 11.9. The summed E-state index contributed by atoms with van der Waals surface area (Å²) in [4.78, 5) is 45.5. The summed E-state index contributed by atoms with van der Waals surface area (Å²) < 4.78 is 2.78. The molecule has 196 valence electrons. The highest BCUT2D eigenvalue weighted by Crippen LogP contribution is 2.28. The number of nitrogens with two attached hydrogens (primary N) is 1. The highest BCUT2D eigenvalue weighted by atomic mass is 35.5. The van der Waals surface area contributed by atoms with Gasteiger partial charge in [-0.3, -0.25) is 23.6 Å². The van der Waals surface area contributed by atoms with E-state index in [0.717, 1.165) is 10.1 Å². The number of nitrogens with zero attached hydrogens (tertiary/aromatic N) is 5. The van der Waals surface area contributed by atoms with E-state index in [1.807, 2.05) is 0 Å². The van der Waals surface area contributed by atoms with Crippen LogP contribution in [0.4, 0.5) is 5.82 Å². The highest BCUT2D eigenvalue weighted by molar-refractivity contribution is 6.30. The first-order chi connectivity index (χ1) is 18.0. The number of halogens is 1. The Hall–Kier alpha value is -4.22. The predicted octanol–water partition coefficient (Wildman–Crippen LogP) is 1.56. The van der Waals surface area contributed by atoms with Gasteiger partial charge in [0, 0.05) is 41.3 Å². The van der Waals surface area contributed by atoms with Gasteiger partial charge < -0.3 is 21.1 Å². The summed E-state index contributed by atoms with van der Waals surface area (Å²) in [6, 6.07) is 10.1. The summed E-state index contributed by atoms with van der Waals surface area (Å²) in [5, 5.41) is 18.0. The number of nitrogen functional groups attached to an aromatic ring is 1. The Morgan fingerprint density at radius 3 is 2.55 bits per heavy atom. The van der Waals surface area contributed by atoms with Crippen LogP contribution in [0.5, 0.6) is 0 Å². The number of β-amino-alcohol motifs (C(OH)–C–C–N with tert-alkyl or cyclic N) is 1. The Kier molecular flexibility index (Phi) is 6.41. The lowest BCUT2D eigenvalue weighted by atomic mass is 9.97. The van der Waals surface area contributed by atoms with Crippen molar-refractivity contribution in [1.29, 1.82) is 0 Å². The molecular formula is C26H26ClN7O4. The van der Waals surface area contributed by atoms with E-state index in [4.69, 9.17) is 17.3 Å². The quantitative estimate of drug-likeness (QED) is 0.339. The highest BCUT2D eigenvalue weighted by Gasteiger charge is 2.39. The SMILES string of the molecule is Cn1cc(-c2cc3cc(C(=O)NCc4ccc(Cl)cc4)c(=O)n(CC(=O)N4CC(C)(O)C4)c3nc2N)cn1. The van der Waals surface area contributed by atoms with Crippen molar-refractivity contribution in [2.75, 3.05) is 18.8 Å². The number of rotatable bonds is 6. The second-order valence-electron chi connectivity index (χ2n) is 9.74. The predicted molar refractivity (Wildman–Crippen MR) is 142 cm³/mol. The molecule has 1 saturated heterocycles. The zero-order chi connectivity index (χ0) is 27.2. The van der Waals surface area contributed by atoms with Crippen molar-refractivity contribution in [2.45, 2.75) is 25.6 Å². The number of benzene rings is 1. The molecule has 1 fully saturated rings. The molecule has 1 aromatic carbocycles. The number of aliphatic hydroxyl groups is 1. The van der Waals surface area contributed by atoms with E-state index >= 15 is 0 Å². The van der Waals surface area contributed by atoms with Crippen LogP contribution in [0.3, 0.4) is 0 Å². The number of likely N-dealkylation sites (tertiary alicyclic amines) is 1. The molecule has 12 heteroatoms. The van der Waals surface area contributed by atoms with Crippen molar-refractivity contribution >= 4 is 40.3 Å². The Morgan fingerprint density at radius 1 is 1.21 bits per heavy atom. The van der Waals surface area contributed by atoms with Gasteiger partial charge in [-0.25, -0.2) is 4.98 Å². The fraction of sp³-hybridized carbons (Fsp3) is 0.269. The zero-order valence-corrected chi connectivity index (χ0v) is 21.6. The summed E-state index contributed by atoms with van der Waals surface area (Å²) in [7, 11) is 1.77. The minimum absolute atomic E-state index is 0.140. The normalized spacial score (nSPS) is 14.4. The molecule has 2 amide bonds. The van der Waals surface area contributed by atoms with Crippen molar-refractivity contribution in [3.05, 3.63) is 75.3 Å². The molecule has 38 heavy (non-hydrogen) atoms. The van der Waals surface area contributed by atoms with Crippen LogP contribution in [0.1, 0.15) is 22.8 Å². The van der Waals surface area contributed by atoms with Crippen molar-refractivity contribution < 1.29 is 14.7 Å². The molecule has 0 radical (unpaired) electrons. The third kappa shape index (κ3) is 4.98. The van der Waals surface area contributed by atoms with Gasteiger partial charge in [0.15, 0.2) is 0 Å². The number of carbonyl (C=O) groups is 2. The first-order valence-corrected chi connectivity index (χ1v) is 12.2. The van der Waals surface area contributed by atoms with Gasteiger partial charge in [-0.1, -0.05) is 23.7 Å². The van der Waals surface area contributed by atoms with Crippen LogP contribution < -0.4 is 16.6 Å². The number of nitrogens with one attached hydrogen (secondary N) is 1. The van der Waals surface area contributed by atoms with Gasteiger partial charge in [0.05, 0.1) is 24.9 Å². The average molecular weight is 536 g/mol. The molecule has 0 unspecified atom stereocenters. The smallest absolute Gasteiger partial charge is 0.265 e. The third-order valence-electron chi connectivity index (χ3n) is 6.43. The number of fused-ring (bicyclic) bond motifs is 1. The van der Waals surface area contributed by atoms with E-state index in [-0.39, 0.29) is 49.1 Å². The number of amides is 2. The van der Waals surface area contributed by atoms with Gasteiger partial charge >= 0.3 is 0 Å². The first kappa shape index (κ1) is 25.4. The fourth-order valence-corrected chi connectivity index (χ4v) is 4.61. The fourth-order valence-electron chi connectivity index (χ4n) is 4.48. The molecule has 3 aromatic heterocycles. The minimum Gasteiger partial charge on any atom is -0.386 e. The molecular weight excluding hydrogens is 510 g/mol. The van der Waals surface area contributed by atoms with Crippen LogP contribution in [-0.2, 0) is 24.9 Å². The Labute approximate surface area is 222 Å². The maximum absolute atomic E-state index is 13.5. The summed E-state index contributed by atoms with van der Waals surface area (Å²) in [6.45, 7) is 1.76. The molecule has 4 N–H and O–H groups in total. The molecule has 0 saturated carbocycles. The van der Waals surface area contributed by atoms with Gasteiger partial charge in [-0.2, -0.15) is 5.10 Å². The van der Waals surface area contributed by atoms with Gasteiger partial charge in [0.25, 0.3) is 11.5 Å².